The number of nitrogens with one attached hydrogen (secondary N) is 4. The Morgan fingerprint density at radius 1 is 0.947 bits per heavy atom. The van der Waals surface area contributed by atoms with Gasteiger partial charge in [-0.05, 0) is 24.1 Å². The highest BCUT2D eigenvalue weighted by atomic mass is 32.1. The zero-order valence-corrected chi connectivity index (χ0v) is 21.2. The molecule has 2 rings (SSSR count). The summed E-state index contributed by atoms with van der Waals surface area (Å²) in [5, 5.41) is 26.5. The molecule has 10 N–H and O–H groups in total. The molecule has 0 fully saturated rings. The Morgan fingerprint density at radius 2 is 1.55 bits per heavy atom. The molecule has 0 aliphatic heterocycles. The predicted molar refractivity (Wildman–Crippen MR) is 138 cm³/mol. The van der Waals surface area contributed by atoms with Crippen molar-refractivity contribution >= 4 is 42.2 Å². The number of amides is 4. The van der Waals surface area contributed by atoms with Crippen molar-refractivity contribution in [1.29, 1.82) is 0 Å². The number of aliphatic carboxylic acids is 1. The van der Waals surface area contributed by atoms with Crippen LogP contribution >= 0.6 is 12.6 Å². The van der Waals surface area contributed by atoms with Crippen LogP contribution in [0, 0.1) is 0 Å². The molecule has 0 spiro atoms. The number of nitrogens with zero attached hydrogens (tertiary/aromatic N) is 1. The summed E-state index contributed by atoms with van der Waals surface area (Å²) >= 11 is 4.09. The predicted octanol–water partition coefficient (Wildman–Crippen LogP) is -2.04. The van der Waals surface area contributed by atoms with Crippen molar-refractivity contribution in [2.75, 3.05) is 5.75 Å². The number of carbonyl (C=O) groups excluding carboxylic acids is 4. The molecule has 1 heterocycles. The lowest BCUT2D eigenvalue weighted by molar-refractivity contribution is -0.142. The number of carboxylic acids is 1. The van der Waals surface area contributed by atoms with Crippen molar-refractivity contribution in [3.63, 3.8) is 0 Å². The van der Waals surface area contributed by atoms with Gasteiger partial charge in [-0.25, -0.2) is 9.78 Å². The molecule has 1 aromatic heterocycles. The molecular formula is C23H31N7O7S. The molecule has 0 aliphatic carbocycles. The van der Waals surface area contributed by atoms with Gasteiger partial charge in [0.1, 0.15) is 23.9 Å². The van der Waals surface area contributed by atoms with Gasteiger partial charge in [0.05, 0.1) is 12.4 Å². The van der Waals surface area contributed by atoms with Crippen LogP contribution in [0.5, 0.6) is 5.75 Å². The first-order valence-corrected chi connectivity index (χ1v) is 12.2. The van der Waals surface area contributed by atoms with E-state index in [9.17, 15) is 34.2 Å². The number of imidazole rings is 1. The summed E-state index contributed by atoms with van der Waals surface area (Å²) in [6.45, 7) is 0. The van der Waals surface area contributed by atoms with Gasteiger partial charge in [-0.3, -0.25) is 19.2 Å². The Morgan fingerprint density at radius 3 is 2.11 bits per heavy atom. The minimum Gasteiger partial charge on any atom is -0.508 e. The fourth-order valence-corrected chi connectivity index (χ4v) is 3.60. The number of benzene rings is 1. The summed E-state index contributed by atoms with van der Waals surface area (Å²) in [5.74, 6) is -4.36. The largest absolute Gasteiger partial charge is 0.508 e. The first kappa shape index (κ1) is 30.1. The zero-order chi connectivity index (χ0) is 28.2. The van der Waals surface area contributed by atoms with Crippen molar-refractivity contribution in [2.45, 2.75) is 49.9 Å². The molecule has 4 amide bonds. The summed E-state index contributed by atoms with van der Waals surface area (Å²) in [6.07, 6.45) is 2.51. The van der Waals surface area contributed by atoms with Gasteiger partial charge in [0.15, 0.2) is 0 Å². The molecule has 38 heavy (non-hydrogen) atoms. The highest BCUT2D eigenvalue weighted by molar-refractivity contribution is 7.80. The molecule has 14 nitrogen and oxygen atoms in total. The van der Waals surface area contributed by atoms with Gasteiger partial charge in [0.25, 0.3) is 0 Å². The molecular weight excluding hydrogens is 518 g/mol. The van der Waals surface area contributed by atoms with Gasteiger partial charge in [-0.2, -0.15) is 12.6 Å². The maximum Gasteiger partial charge on any atom is 0.326 e. The summed E-state index contributed by atoms with van der Waals surface area (Å²) in [7, 11) is 0. The fourth-order valence-electron chi connectivity index (χ4n) is 3.34. The van der Waals surface area contributed by atoms with Crippen LogP contribution < -0.4 is 27.4 Å². The van der Waals surface area contributed by atoms with Crippen LogP contribution in [0.3, 0.4) is 0 Å². The van der Waals surface area contributed by atoms with E-state index in [1.807, 2.05) is 0 Å². The monoisotopic (exact) mass is 549 g/mol. The Balaban J connectivity index is 2.16. The third kappa shape index (κ3) is 9.74. The van der Waals surface area contributed by atoms with Crippen molar-refractivity contribution < 1.29 is 34.2 Å². The average molecular weight is 550 g/mol. The van der Waals surface area contributed by atoms with E-state index in [4.69, 9.17) is 11.5 Å². The number of nitrogens with two attached hydrogens (primary N) is 2. The highest BCUT2D eigenvalue weighted by Crippen LogP contribution is 2.12. The molecule has 15 heteroatoms. The van der Waals surface area contributed by atoms with E-state index in [2.05, 4.69) is 38.5 Å². The third-order valence-electron chi connectivity index (χ3n) is 5.46. The molecule has 206 valence electrons. The minimum absolute atomic E-state index is 0.00481. The van der Waals surface area contributed by atoms with E-state index in [0.717, 1.165) is 0 Å². The maximum atomic E-state index is 13.1. The van der Waals surface area contributed by atoms with Crippen LogP contribution in [-0.4, -0.2) is 79.7 Å². The lowest BCUT2D eigenvalue weighted by Crippen LogP contribution is -2.58. The van der Waals surface area contributed by atoms with Crippen LogP contribution in [0.4, 0.5) is 0 Å². The van der Waals surface area contributed by atoms with E-state index >= 15 is 0 Å². The van der Waals surface area contributed by atoms with Crippen LogP contribution in [0.15, 0.2) is 36.8 Å². The number of rotatable bonds is 15. The Kier molecular flexibility index (Phi) is 11.6. The molecule has 4 unspecified atom stereocenters. The summed E-state index contributed by atoms with van der Waals surface area (Å²) in [5.41, 5.74) is 11.8. The molecule has 4 atom stereocenters. The molecule has 0 aliphatic rings. The van der Waals surface area contributed by atoms with Gasteiger partial charge in [0, 0.05) is 36.9 Å². The second-order valence-electron chi connectivity index (χ2n) is 8.47. The van der Waals surface area contributed by atoms with Crippen molar-refractivity contribution in [3.05, 3.63) is 48.0 Å². The number of phenols is 1. The number of carboxylic acid groups (broad SMARTS) is 1. The lowest BCUT2D eigenvalue weighted by Gasteiger charge is -2.24. The van der Waals surface area contributed by atoms with Crippen LogP contribution in [-0.2, 0) is 36.8 Å². The average Bonchev–Trinajstić information content (AvgIpc) is 3.39. The first-order valence-electron chi connectivity index (χ1n) is 11.5. The summed E-state index contributed by atoms with van der Waals surface area (Å²) in [4.78, 5) is 67.8. The highest BCUT2D eigenvalue weighted by Gasteiger charge is 2.30. The number of primary amides is 1. The fraction of sp³-hybridized carbons (Fsp3) is 0.391. The second-order valence-corrected chi connectivity index (χ2v) is 8.83. The number of thiol groups is 1. The van der Waals surface area contributed by atoms with E-state index in [0.29, 0.717) is 11.3 Å². The summed E-state index contributed by atoms with van der Waals surface area (Å²) in [6, 6.07) is 0.995. The molecule has 1 aromatic carbocycles. The van der Waals surface area contributed by atoms with Crippen molar-refractivity contribution in [1.82, 2.24) is 25.9 Å². The maximum absolute atomic E-state index is 13.1. The third-order valence-corrected chi connectivity index (χ3v) is 5.82. The van der Waals surface area contributed by atoms with E-state index in [1.165, 1.54) is 36.8 Å². The summed E-state index contributed by atoms with van der Waals surface area (Å²) < 4.78 is 0. The molecule has 2 aromatic rings. The number of phenolic OH excluding ortho intramolecular Hbond substituents is 1. The smallest absolute Gasteiger partial charge is 0.326 e. The van der Waals surface area contributed by atoms with Crippen LogP contribution in [0.25, 0.3) is 0 Å². The number of aromatic amines is 1. The SMILES string of the molecule is NC(=O)CCC(N)C(=O)NC(CS)C(=O)NC(Cc1ccc(O)cc1)C(=O)NC(Cc1cnc[nH]1)C(=O)O. The van der Waals surface area contributed by atoms with E-state index in [-0.39, 0.29) is 37.2 Å². The molecule has 0 bridgehead atoms. The zero-order valence-electron chi connectivity index (χ0n) is 20.3. The van der Waals surface area contributed by atoms with Crippen LogP contribution in [0.2, 0.25) is 0 Å². The Labute approximate surface area is 223 Å². The number of hydrogen-bond donors (Lipinski definition) is 9. The number of aromatic hydroxyl groups is 1. The van der Waals surface area contributed by atoms with Gasteiger partial charge in [-0.1, -0.05) is 12.1 Å². The second kappa shape index (κ2) is 14.6. The number of H-pyrrole nitrogens is 1. The number of carbonyl (C=O) groups is 5. The molecule has 0 saturated carbocycles. The van der Waals surface area contributed by atoms with E-state index in [1.54, 1.807) is 0 Å². The van der Waals surface area contributed by atoms with Crippen LogP contribution in [0.1, 0.15) is 24.1 Å². The number of aromatic nitrogens is 2. The van der Waals surface area contributed by atoms with E-state index < -0.39 is 53.8 Å². The normalized spacial score (nSPS) is 13.9. The Bertz CT molecular complexity index is 1110. The molecule has 0 saturated heterocycles. The van der Waals surface area contributed by atoms with Gasteiger partial charge in [0.2, 0.25) is 23.6 Å². The van der Waals surface area contributed by atoms with Gasteiger partial charge >= 0.3 is 5.97 Å². The number of hydrogen-bond acceptors (Lipinski definition) is 9. The van der Waals surface area contributed by atoms with Crippen molar-refractivity contribution in [2.24, 2.45) is 11.5 Å². The van der Waals surface area contributed by atoms with Gasteiger partial charge in [-0.15, -0.1) is 0 Å². The standard InChI is InChI=1S/C23H31N7O7S/c24-15(5-6-19(25)32)20(33)30-18(10-38)22(35)28-16(7-12-1-3-14(31)4-2-12)21(34)29-17(23(36)37)8-13-9-26-11-27-13/h1-4,9,11,15-18,31,38H,5-8,10,24H2,(H2,25,32)(H,26,27)(H,28,35)(H,29,34)(H,30,33)(H,36,37). The van der Waals surface area contributed by atoms with Gasteiger partial charge < -0.3 is 42.6 Å². The quantitative estimate of drug-likeness (QED) is 0.111. The first-order chi connectivity index (χ1) is 18.0. The Hall–Kier alpha value is -4.11. The topological polar surface area (TPSA) is 243 Å². The minimum atomic E-state index is -1.33. The van der Waals surface area contributed by atoms with Crippen molar-refractivity contribution in [3.8, 4) is 5.75 Å². The lowest BCUT2D eigenvalue weighted by atomic mass is 10.0. The molecule has 0 radical (unpaired) electrons.